The van der Waals surface area contributed by atoms with Crippen molar-refractivity contribution in [3.63, 3.8) is 0 Å². The molecule has 0 radical (unpaired) electrons. The molecule has 2 aliphatic rings. The number of cyclic esters (lactones) is 2. The van der Waals surface area contributed by atoms with Crippen LogP contribution >= 0.6 is 11.8 Å². The molecular weight excluding hydrogens is 152 g/mol. The van der Waals surface area contributed by atoms with Crippen molar-refractivity contribution in [2.45, 2.75) is 23.3 Å². The quantitative estimate of drug-likeness (QED) is 0.376. The van der Waals surface area contributed by atoms with Crippen LogP contribution in [0.3, 0.4) is 0 Å². The molecule has 3 nitrogen and oxygen atoms in total. The number of hydrogen-bond acceptors (Lipinski definition) is 4. The summed E-state index contributed by atoms with van der Waals surface area (Å²) in [4.78, 5) is 21.6. The van der Waals surface area contributed by atoms with Crippen molar-refractivity contribution in [3.05, 3.63) is 0 Å². The fourth-order valence-corrected chi connectivity index (χ4v) is 2.47. The predicted molar refractivity (Wildman–Crippen MR) is 35.5 cm³/mol. The first-order valence-corrected chi connectivity index (χ1v) is 4.12. The largest absolute Gasteiger partial charge is 0.391 e. The van der Waals surface area contributed by atoms with E-state index >= 15 is 0 Å². The summed E-state index contributed by atoms with van der Waals surface area (Å²) in [6, 6.07) is 0. The van der Waals surface area contributed by atoms with E-state index in [9.17, 15) is 9.59 Å². The van der Waals surface area contributed by atoms with Gasteiger partial charge in [0.15, 0.2) is 0 Å². The molecule has 2 fully saturated rings. The van der Waals surface area contributed by atoms with E-state index in [4.69, 9.17) is 0 Å². The number of hydrogen-bond donors (Lipinski definition) is 0. The van der Waals surface area contributed by atoms with Crippen LogP contribution in [0.4, 0.5) is 0 Å². The molecule has 0 amide bonds. The molecule has 0 aromatic heterocycles. The van der Waals surface area contributed by atoms with Crippen molar-refractivity contribution in [2.24, 2.45) is 0 Å². The molecule has 0 aliphatic carbocycles. The first-order valence-electron chi connectivity index (χ1n) is 3.18. The summed E-state index contributed by atoms with van der Waals surface area (Å²) in [7, 11) is 0. The van der Waals surface area contributed by atoms with Gasteiger partial charge in [-0.1, -0.05) is 0 Å². The van der Waals surface area contributed by atoms with Crippen molar-refractivity contribution in [3.8, 4) is 0 Å². The molecule has 0 aromatic rings. The van der Waals surface area contributed by atoms with Crippen molar-refractivity contribution in [1.29, 1.82) is 0 Å². The van der Waals surface area contributed by atoms with E-state index in [-0.39, 0.29) is 22.4 Å². The number of rotatable bonds is 0. The maximum Gasteiger partial charge on any atom is 0.326 e. The molecule has 2 atom stereocenters. The molecular formula is C6H6O3S. The molecule has 2 saturated heterocycles. The highest BCUT2D eigenvalue weighted by atomic mass is 32.2. The van der Waals surface area contributed by atoms with Crippen LogP contribution in [0.1, 0.15) is 12.8 Å². The number of carbonyl (C=O) groups is 2. The Morgan fingerprint density at radius 2 is 1.70 bits per heavy atom. The van der Waals surface area contributed by atoms with Crippen molar-refractivity contribution in [2.75, 3.05) is 0 Å². The first kappa shape index (κ1) is 6.22. The van der Waals surface area contributed by atoms with E-state index in [1.54, 1.807) is 0 Å². The molecule has 0 unspecified atom stereocenters. The Hall–Kier alpha value is -0.510. The number of ether oxygens (including phenoxy) is 1. The molecule has 2 rings (SSSR count). The summed E-state index contributed by atoms with van der Waals surface area (Å²) < 4.78 is 4.47. The Bertz CT molecular complexity index is 181. The Morgan fingerprint density at radius 1 is 1.20 bits per heavy atom. The third-order valence-electron chi connectivity index (χ3n) is 1.75. The third-order valence-corrected chi connectivity index (χ3v) is 3.26. The van der Waals surface area contributed by atoms with Crippen LogP contribution in [0.15, 0.2) is 0 Å². The van der Waals surface area contributed by atoms with Crippen LogP contribution < -0.4 is 0 Å². The van der Waals surface area contributed by atoms with Crippen LogP contribution in [0.5, 0.6) is 0 Å². The Morgan fingerprint density at radius 3 is 2.20 bits per heavy atom. The molecule has 0 saturated carbocycles. The standard InChI is InChI=1S/C6H6O3S/c7-5-3-1-2-4(10-3)6(8)9-5/h3-4H,1-2H2/t3-,4-/m1/s1. The Labute approximate surface area is 62.1 Å². The molecule has 0 N–H and O–H groups in total. The fraction of sp³-hybridized carbons (Fsp3) is 0.667. The number of esters is 2. The minimum Gasteiger partial charge on any atom is -0.391 e. The minimum atomic E-state index is -0.344. The van der Waals surface area contributed by atoms with Gasteiger partial charge in [-0.2, -0.15) is 0 Å². The molecule has 0 aromatic carbocycles. The summed E-state index contributed by atoms with van der Waals surface area (Å²) in [5.74, 6) is -0.687. The van der Waals surface area contributed by atoms with Gasteiger partial charge in [0.2, 0.25) is 0 Å². The molecule has 54 valence electrons. The van der Waals surface area contributed by atoms with Gasteiger partial charge in [-0.3, -0.25) is 9.59 Å². The van der Waals surface area contributed by atoms with E-state index in [0.29, 0.717) is 0 Å². The summed E-state index contributed by atoms with van der Waals surface area (Å²) >= 11 is 1.44. The van der Waals surface area contributed by atoms with Crippen molar-refractivity contribution < 1.29 is 14.3 Å². The molecule has 10 heavy (non-hydrogen) atoms. The van der Waals surface area contributed by atoms with Gasteiger partial charge in [-0.25, -0.2) is 0 Å². The summed E-state index contributed by atoms with van der Waals surface area (Å²) in [6.07, 6.45) is 1.61. The molecule has 2 bridgehead atoms. The lowest BCUT2D eigenvalue weighted by Crippen LogP contribution is -2.30. The molecule has 2 aliphatic heterocycles. The zero-order valence-corrected chi connectivity index (χ0v) is 6.02. The van der Waals surface area contributed by atoms with Gasteiger partial charge >= 0.3 is 11.9 Å². The highest BCUT2D eigenvalue weighted by molar-refractivity contribution is 8.02. The Kier molecular flexibility index (Phi) is 1.23. The minimum absolute atomic E-state index is 0.0531. The van der Waals surface area contributed by atoms with E-state index in [1.165, 1.54) is 11.8 Å². The average Bonchev–Trinajstić information content (AvgIpc) is 2.28. The maximum absolute atomic E-state index is 10.8. The van der Waals surface area contributed by atoms with Crippen molar-refractivity contribution in [1.82, 2.24) is 0 Å². The lowest BCUT2D eigenvalue weighted by Gasteiger charge is -2.14. The van der Waals surface area contributed by atoms with Gasteiger partial charge in [-0.05, 0) is 12.8 Å². The summed E-state index contributed by atoms with van der Waals surface area (Å²) in [6.45, 7) is 0. The molecule has 4 heteroatoms. The van der Waals surface area contributed by atoms with Gasteiger partial charge in [0.25, 0.3) is 0 Å². The van der Waals surface area contributed by atoms with Crippen LogP contribution in [0.25, 0.3) is 0 Å². The van der Waals surface area contributed by atoms with E-state index in [1.807, 2.05) is 0 Å². The van der Waals surface area contributed by atoms with Gasteiger partial charge in [-0.15, -0.1) is 11.8 Å². The van der Waals surface area contributed by atoms with E-state index in [2.05, 4.69) is 4.74 Å². The lowest BCUT2D eigenvalue weighted by molar-refractivity contribution is -0.158. The van der Waals surface area contributed by atoms with Gasteiger partial charge in [0, 0.05) is 0 Å². The van der Waals surface area contributed by atoms with E-state index in [0.717, 1.165) is 12.8 Å². The number of thioether (sulfide) groups is 1. The fourth-order valence-electron chi connectivity index (χ4n) is 1.21. The highest BCUT2D eigenvalue weighted by Crippen LogP contribution is 2.38. The first-order chi connectivity index (χ1) is 4.77. The third kappa shape index (κ3) is 0.751. The normalized spacial score (nSPS) is 38.0. The average molecular weight is 158 g/mol. The van der Waals surface area contributed by atoms with Gasteiger partial charge < -0.3 is 4.74 Å². The highest BCUT2D eigenvalue weighted by Gasteiger charge is 2.42. The van der Waals surface area contributed by atoms with Crippen LogP contribution in [-0.2, 0) is 14.3 Å². The SMILES string of the molecule is O=C1OC(=O)[C@H]2CC[C@H]1S2. The summed E-state index contributed by atoms with van der Waals surface area (Å²) in [5, 5.41) is -0.106. The predicted octanol–water partition coefficient (Wildman–Crippen LogP) is 0.334. The second-order valence-electron chi connectivity index (χ2n) is 2.43. The monoisotopic (exact) mass is 158 g/mol. The van der Waals surface area contributed by atoms with Gasteiger partial charge in [0.05, 0.1) is 0 Å². The number of fused-ring (bicyclic) bond motifs is 2. The number of carbonyl (C=O) groups excluding carboxylic acids is 2. The zero-order chi connectivity index (χ0) is 7.14. The lowest BCUT2D eigenvalue weighted by atomic mass is 10.2. The van der Waals surface area contributed by atoms with Crippen molar-refractivity contribution >= 4 is 23.7 Å². The maximum atomic E-state index is 10.8. The molecule has 0 spiro atoms. The van der Waals surface area contributed by atoms with Gasteiger partial charge in [0.1, 0.15) is 10.5 Å². The second-order valence-corrected chi connectivity index (χ2v) is 3.84. The zero-order valence-electron chi connectivity index (χ0n) is 5.20. The topological polar surface area (TPSA) is 43.4 Å². The van der Waals surface area contributed by atoms with Crippen LogP contribution in [0, 0.1) is 0 Å². The smallest absolute Gasteiger partial charge is 0.326 e. The second kappa shape index (κ2) is 1.99. The Balaban J connectivity index is 2.24. The summed E-state index contributed by atoms with van der Waals surface area (Å²) in [5.41, 5.74) is 0. The van der Waals surface area contributed by atoms with Crippen LogP contribution in [-0.4, -0.2) is 22.4 Å². The molecule has 2 heterocycles. The van der Waals surface area contributed by atoms with Crippen LogP contribution in [0.2, 0.25) is 0 Å². The van der Waals surface area contributed by atoms with E-state index < -0.39 is 0 Å².